The summed E-state index contributed by atoms with van der Waals surface area (Å²) in [7, 11) is -2.93. The number of nitrogens with zero attached hydrogens (tertiary/aromatic N) is 4. The van der Waals surface area contributed by atoms with E-state index >= 15 is 0 Å². The van der Waals surface area contributed by atoms with Gasteiger partial charge in [0.25, 0.3) is 0 Å². The summed E-state index contributed by atoms with van der Waals surface area (Å²) < 4.78 is 25.6. The van der Waals surface area contributed by atoms with Gasteiger partial charge in [-0.2, -0.15) is 5.10 Å². The van der Waals surface area contributed by atoms with Gasteiger partial charge in [0.05, 0.1) is 41.2 Å². The SMILES string of the molecule is CCCNC(=O)CN1CCN(c2c(C)nn(C3CCS(=O)(=O)C3)c2C)CC1. The minimum atomic E-state index is -2.93. The Morgan fingerprint density at radius 2 is 1.93 bits per heavy atom. The van der Waals surface area contributed by atoms with E-state index in [2.05, 4.69) is 20.2 Å². The van der Waals surface area contributed by atoms with Gasteiger partial charge >= 0.3 is 0 Å². The van der Waals surface area contributed by atoms with Crippen LogP contribution in [0.2, 0.25) is 0 Å². The van der Waals surface area contributed by atoms with E-state index in [1.165, 1.54) is 0 Å². The predicted molar refractivity (Wildman–Crippen MR) is 106 cm³/mol. The number of rotatable bonds is 6. The van der Waals surface area contributed by atoms with Crippen LogP contribution in [-0.4, -0.2) is 79.8 Å². The average Bonchev–Trinajstić information content (AvgIpc) is 3.12. The average molecular weight is 398 g/mol. The summed E-state index contributed by atoms with van der Waals surface area (Å²) in [6.07, 6.45) is 1.59. The first-order chi connectivity index (χ1) is 12.8. The fourth-order valence-electron chi connectivity index (χ4n) is 4.09. The topological polar surface area (TPSA) is 87.5 Å². The smallest absolute Gasteiger partial charge is 0.234 e. The van der Waals surface area contributed by atoms with E-state index in [0.29, 0.717) is 13.0 Å². The molecule has 152 valence electrons. The normalized spacial score (nSPS) is 22.9. The molecule has 0 radical (unpaired) electrons. The number of aromatic nitrogens is 2. The molecule has 1 aromatic heterocycles. The Morgan fingerprint density at radius 1 is 1.22 bits per heavy atom. The number of amides is 1. The van der Waals surface area contributed by atoms with Crippen LogP contribution in [-0.2, 0) is 14.6 Å². The quantitative estimate of drug-likeness (QED) is 0.753. The number of nitrogens with one attached hydrogen (secondary N) is 1. The second kappa shape index (κ2) is 8.18. The van der Waals surface area contributed by atoms with Crippen LogP contribution in [0.3, 0.4) is 0 Å². The Labute approximate surface area is 161 Å². The van der Waals surface area contributed by atoms with E-state index in [-0.39, 0.29) is 23.5 Å². The molecule has 1 unspecified atom stereocenters. The maximum atomic E-state index is 11.9. The molecule has 0 aliphatic carbocycles. The summed E-state index contributed by atoms with van der Waals surface area (Å²) in [6, 6.07) is -0.0500. The van der Waals surface area contributed by atoms with Crippen molar-refractivity contribution in [2.24, 2.45) is 0 Å². The van der Waals surface area contributed by atoms with Gasteiger partial charge in [0, 0.05) is 32.7 Å². The molecule has 0 spiro atoms. The molecule has 1 aromatic rings. The van der Waals surface area contributed by atoms with Crippen LogP contribution >= 0.6 is 0 Å². The van der Waals surface area contributed by atoms with Crippen molar-refractivity contribution < 1.29 is 13.2 Å². The van der Waals surface area contributed by atoms with E-state index in [4.69, 9.17) is 0 Å². The largest absolute Gasteiger partial charge is 0.366 e. The highest BCUT2D eigenvalue weighted by Gasteiger charge is 2.32. The first-order valence-corrected chi connectivity index (χ1v) is 11.6. The summed E-state index contributed by atoms with van der Waals surface area (Å²) in [5.41, 5.74) is 3.11. The zero-order valence-electron chi connectivity index (χ0n) is 16.6. The molecule has 1 atom stereocenters. The Balaban J connectivity index is 1.62. The molecule has 2 saturated heterocycles. The van der Waals surface area contributed by atoms with Gasteiger partial charge in [0.2, 0.25) is 5.91 Å². The summed E-state index contributed by atoms with van der Waals surface area (Å²) in [4.78, 5) is 16.4. The van der Waals surface area contributed by atoms with Crippen molar-refractivity contribution in [1.82, 2.24) is 20.0 Å². The van der Waals surface area contributed by atoms with E-state index in [1.54, 1.807) is 0 Å². The van der Waals surface area contributed by atoms with Crippen molar-refractivity contribution in [3.05, 3.63) is 11.4 Å². The number of piperazine rings is 1. The van der Waals surface area contributed by atoms with Crippen LogP contribution in [0.15, 0.2) is 0 Å². The Hall–Kier alpha value is -1.61. The van der Waals surface area contributed by atoms with Crippen molar-refractivity contribution in [2.75, 3.05) is 55.7 Å². The first kappa shape index (κ1) is 20.1. The highest BCUT2D eigenvalue weighted by Crippen LogP contribution is 2.31. The lowest BCUT2D eigenvalue weighted by atomic mass is 10.2. The number of aryl methyl sites for hydroxylation is 1. The first-order valence-electron chi connectivity index (χ1n) is 9.81. The monoisotopic (exact) mass is 397 g/mol. The lowest BCUT2D eigenvalue weighted by Gasteiger charge is -2.35. The molecule has 2 aliphatic heterocycles. The predicted octanol–water partition coefficient (Wildman–Crippen LogP) is 0.508. The third-order valence-corrected chi connectivity index (χ3v) is 7.22. The third kappa shape index (κ3) is 4.63. The standard InChI is InChI=1S/C18H31N5O3S/c1-4-6-19-17(24)12-21-7-9-22(10-8-21)18-14(2)20-23(15(18)3)16-5-11-27(25,26)13-16/h16H,4-13H2,1-3H3,(H,19,24). The van der Waals surface area contributed by atoms with Crippen molar-refractivity contribution >= 4 is 21.4 Å². The number of carbonyl (C=O) groups excluding carboxylic acids is 1. The molecule has 2 aliphatic rings. The van der Waals surface area contributed by atoms with Crippen LogP contribution in [0.25, 0.3) is 0 Å². The van der Waals surface area contributed by atoms with Gasteiger partial charge in [-0.05, 0) is 26.7 Å². The minimum Gasteiger partial charge on any atom is -0.366 e. The Morgan fingerprint density at radius 3 is 2.52 bits per heavy atom. The highest BCUT2D eigenvalue weighted by molar-refractivity contribution is 7.91. The molecular formula is C18H31N5O3S. The van der Waals surface area contributed by atoms with Crippen LogP contribution in [0.4, 0.5) is 5.69 Å². The third-order valence-electron chi connectivity index (χ3n) is 5.47. The zero-order valence-corrected chi connectivity index (χ0v) is 17.4. The summed E-state index contributed by atoms with van der Waals surface area (Å²) in [5.74, 6) is 0.534. The van der Waals surface area contributed by atoms with Gasteiger partial charge in [-0.3, -0.25) is 14.4 Å². The van der Waals surface area contributed by atoms with Crippen LogP contribution in [0.1, 0.15) is 37.2 Å². The number of hydrogen-bond acceptors (Lipinski definition) is 6. The van der Waals surface area contributed by atoms with Gasteiger partial charge in [-0.1, -0.05) is 6.92 Å². The number of carbonyl (C=O) groups is 1. The zero-order chi connectivity index (χ0) is 19.6. The molecule has 27 heavy (non-hydrogen) atoms. The van der Waals surface area contributed by atoms with E-state index in [1.807, 2.05) is 25.5 Å². The maximum Gasteiger partial charge on any atom is 0.234 e. The van der Waals surface area contributed by atoms with Crippen LogP contribution in [0, 0.1) is 13.8 Å². The molecule has 3 rings (SSSR count). The molecule has 0 saturated carbocycles. The van der Waals surface area contributed by atoms with Crippen molar-refractivity contribution in [1.29, 1.82) is 0 Å². The molecule has 2 fully saturated rings. The van der Waals surface area contributed by atoms with Crippen molar-refractivity contribution in [2.45, 2.75) is 39.7 Å². The molecule has 1 amide bonds. The molecule has 0 aromatic carbocycles. The highest BCUT2D eigenvalue weighted by atomic mass is 32.2. The van der Waals surface area contributed by atoms with Gasteiger partial charge in [0.1, 0.15) is 0 Å². The molecule has 1 N–H and O–H groups in total. The fourth-order valence-corrected chi connectivity index (χ4v) is 5.78. The molecule has 8 nitrogen and oxygen atoms in total. The van der Waals surface area contributed by atoms with Crippen LogP contribution < -0.4 is 10.2 Å². The van der Waals surface area contributed by atoms with Gasteiger partial charge < -0.3 is 10.2 Å². The van der Waals surface area contributed by atoms with E-state index in [0.717, 1.165) is 56.2 Å². The van der Waals surface area contributed by atoms with Crippen molar-refractivity contribution in [3.8, 4) is 0 Å². The van der Waals surface area contributed by atoms with Crippen LogP contribution in [0.5, 0.6) is 0 Å². The second-order valence-corrected chi connectivity index (χ2v) is 9.86. The lowest BCUT2D eigenvalue weighted by molar-refractivity contribution is -0.122. The number of hydrogen-bond donors (Lipinski definition) is 1. The van der Waals surface area contributed by atoms with Crippen molar-refractivity contribution in [3.63, 3.8) is 0 Å². The number of anilines is 1. The molecule has 0 bridgehead atoms. The van der Waals surface area contributed by atoms with Gasteiger partial charge in [-0.25, -0.2) is 8.42 Å². The van der Waals surface area contributed by atoms with E-state index < -0.39 is 9.84 Å². The summed E-state index contributed by atoms with van der Waals surface area (Å²) in [5, 5.41) is 7.59. The summed E-state index contributed by atoms with van der Waals surface area (Å²) in [6.45, 7) is 10.6. The summed E-state index contributed by atoms with van der Waals surface area (Å²) >= 11 is 0. The molecule has 3 heterocycles. The second-order valence-electron chi connectivity index (χ2n) is 7.63. The van der Waals surface area contributed by atoms with Gasteiger partial charge in [0.15, 0.2) is 9.84 Å². The molecule has 9 heteroatoms. The minimum absolute atomic E-state index is 0.0500. The molecular weight excluding hydrogens is 366 g/mol. The maximum absolute atomic E-state index is 11.9. The lowest BCUT2D eigenvalue weighted by Crippen LogP contribution is -2.49. The van der Waals surface area contributed by atoms with E-state index in [9.17, 15) is 13.2 Å². The number of sulfone groups is 1. The fraction of sp³-hybridized carbons (Fsp3) is 0.778. The van der Waals surface area contributed by atoms with Gasteiger partial charge in [-0.15, -0.1) is 0 Å². The Bertz CT molecular complexity index is 781. The Kier molecular flexibility index (Phi) is 6.10.